The van der Waals surface area contributed by atoms with Gasteiger partial charge in [0.05, 0.1) is 3.92 Å². The zero-order valence-electron chi connectivity index (χ0n) is 9.25. The Morgan fingerprint density at radius 3 is 2.13 bits per heavy atom. The molecule has 2 nitrogen and oxygen atoms in total. The van der Waals surface area contributed by atoms with Gasteiger partial charge in [0.15, 0.2) is 0 Å². The van der Waals surface area contributed by atoms with Crippen LogP contribution in [-0.4, -0.2) is 9.83 Å². The van der Waals surface area contributed by atoms with Crippen LogP contribution >= 0.6 is 22.6 Å². The normalized spacial score (nSPS) is 12.6. The molecule has 1 aromatic rings. The molecule has 82 valence electrons. The molecule has 1 N–H and O–H groups in total. The lowest BCUT2D eigenvalue weighted by Crippen LogP contribution is -2.19. The number of rotatable bonds is 3. The van der Waals surface area contributed by atoms with E-state index in [9.17, 15) is 4.79 Å². The van der Waals surface area contributed by atoms with Gasteiger partial charge in [-0.25, -0.2) is 0 Å². The molecule has 1 amide bonds. The molecule has 0 unspecified atom stereocenters. The Hall–Kier alpha value is -0.580. The van der Waals surface area contributed by atoms with Crippen molar-refractivity contribution in [3.63, 3.8) is 0 Å². The van der Waals surface area contributed by atoms with E-state index in [-0.39, 0.29) is 9.83 Å². The smallest absolute Gasteiger partial charge is 0.237 e. The predicted molar refractivity (Wildman–Crippen MR) is 72.6 cm³/mol. The van der Waals surface area contributed by atoms with E-state index < -0.39 is 0 Å². The quantitative estimate of drug-likeness (QED) is 0.670. The second-order valence-corrected chi connectivity index (χ2v) is 5.75. The Bertz CT molecular complexity index is 330. The van der Waals surface area contributed by atoms with Gasteiger partial charge in [0.25, 0.3) is 0 Å². The minimum atomic E-state index is -0.00706. The van der Waals surface area contributed by atoms with E-state index in [0.717, 1.165) is 5.69 Å². The van der Waals surface area contributed by atoms with Gasteiger partial charge in [-0.1, -0.05) is 48.6 Å². The van der Waals surface area contributed by atoms with Crippen molar-refractivity contribution in [3.05, 3.63) is 29.8 Å². The highest BCUT2D eigenvalue weighted by molar-refractivity contribution is 14.1. The second-order valence-electron chi connectivity index (χ2n) is 3.88. The topological polar surface area (TPSA) is 29.1 Å². The number of halogens is 1. The summed E-state index contributed by atoms with van der Waals surface area (Å²) in [4.78, 5) is 11.4. The van der Waals surface area contributed by atoms with Crippen LogP contribution in [0.4, 0.5) is 5.69 Å². The number of hydrogen-bond donors (Lipinski definition) is 1. The van der Waals surface area contributed by atoms with Crippen LogP contribution in [0.15, 0.2) is 24.3 Å². The molecule has 0 saturated carbocycles. The van der Waals surface area contributed by atoms with Crippen LogP contribution in [0.25, 0.3) is 0 Å². The van der Waals surface area contributed by atoms with Crippen LogP contribution in [0, 0.1) is 0 Å². The van der Waals surface area contributed by atoms with Crippen molar-refractivity contribution in [3.8, 4) is 0 Å². The van der Waals surface area contributed by atoms with Crippen LogP contribution in [0.5, 0.6) is 0 Å². The number of hydrogen-bond acceptors (Lipinski definition) is 1. The van der Waals surface area contributed by atoms with Crippen LogP contribution in [0.3, 0.4) is 0 Å². The lowest BCUT2D eigenvalue weighted by atomic mass is 10.0. The number of benzene rings is 1. The first-order valence-corrected chi connectivity index (χ1v) is 6.30. The zero-order chi connectivity index (χ0) is 11.4. The maximum absolute atomic E-state index is 11.4. The summed E-state index contributed by atoms with van der Waals surface area (Å²) in [7, 11) is 0. The number of carbonyl (C=O) groups is 1. The van der Waals surface area contributed by atoms with Gasteiger partial charge in [0.2, 0.25) is 5.91 Å². The number of anilines is 1. The van der Waals surface area contributed by atoms with Crippen LogP contribution < -0.4 is 5.32 Å². The first-order valence-electron chi connectivity index (χ1n) is 5.05. The summed E-state index contributed by atoms with van der Waals surface area (Å²) < 4.78 is -0.00706. The molecule has 0 aliphatic carbocycles. The Kier molecular flexibility index (Phi) is 4.57. The Morgan fingerprint density at radius 1 is 1.20 bits per heavy atom. The van der Waals surface area contributed by atoms with E-state index in [1.54, 1.807) is 0 Å². The monoisotopic (exact) mass is 317 g/mol. The molecule has 1 atom stereocenters. The molecule has 0 radical (unpaired) electrons. The fourth-order valence-electron chi connectivity index (χ4n) is 1.19. The lowest BCUT2D eigenvalue weighted by Gasteiger charge is -2.09. The zero-order valence-corrected chi connectivity index (χ0v) is 11.4. The summed E-state index contributed by atoms with van der Waals surface area (Å²) in [5.74, 6) is 0.575. The standard InChI is InChI=1S/C12H16INO/c1-8(2)10-4-6-11(7-5-10)14-12(15)9(3)13/h4-9H,1-3H3,(H,14,15)/t9-/m0/s1. The van der Waals surface area contributed by atoms with Crippen molar-refractivity contribution in [2.45, 2.75) is 30.6 Å². The fourth-order valence-corrected chi connectivity index (χ4v) is 1.35. The highest BCUT2D eigenvalue weighted by Crippen LogP contribution is 2.17. The average Bonchev–Trinajstić information content (AvgIpc) is 2.18. The third kappa shape index (κ3) is 3.81. The van der Waals surface area contributed by atoms with E-state index in [2.05, 4.69) is 53.9 Å². The summed E-state index contributed by atoms with van der Waals surface area (Å²) >= 11 is 2.10. The van der Waals surface area contributed by atoms with Crippen molar-refractivity contribution < 1.29 is 4.79 Å². The lowest BCUT2D eigenvalue weighted by molar-refractivity contribution is -0.115. The Morgan fingerprint density at radius 2 is 1.73 bits per heavy atom. The van der Waals surface area contributed by atoms with Crippen LogP contribution in [0.2, 0.25) is 0 Å². The van der Waals surface area contributed by atoms with E-state index in [1.165, 1.54) is 5.56 Å². The summed E-state index contributed by atoms with van der Waals surface area (Å²) in [6, 6.07) is 8.01. The molecule has 3 heteroatoms. The maximum atomic E-state index is 11.4. The molecule has 1 rings (SSSR count). The van der Waals surface area contributed by atoms with Gasteiger partial charge in [-0.3, -0.25) is 4.79 Å². The van der Waals surface area contributed by atoms with Gasteiger partial charge in [-0.05, 0) is 30.5 Å². The van der Waals surface area contributed by atoms with Gasteiger partial charge in [0.1, 0.15) is 0 Å². The van der Waals surface area contributed by atoms with Gasteiger partial charge >= 0.3 is 0 Å². The summed E-state index contributed by atoms with van der Waals surface area (Å²) in [5.41, 5.74) is 2.16. The summed E-state index contributed by atoms with van der Waals surface area (Å²) in [6.45, 7) is 6.18. The number of nitrogens with one attached hydrogen (secondary N) is 1. The van der Waals surface area contributed by atoms with Crippen molar-refractivity contribution in [1.82, 2.24) is 0 Å². The average molecular weight is 317 g/mol. The molecule has 1 aromatic carbocycles. The fraction of sp³-hybridized carbons (Fsp3) is 0.417. The minimum absolute atomic E-state index is 0.00706. The van der Waals surface area contributed by atoms with E-state index in [1.807, 2.05) is 19.1 Å². The van der Waals surface area contributed by atoms with Crippen LogP contribution in [-0.2, 0) is 4.79 Å². The molecule has 0 aliphatic rings. The minimum Gasteiger partial charge on any atom is -0.325 e. The molecule has 0 spiro atoms. The second kappa shape index (κ2) is 5.49. The Labute approximate surface area is 105 Å². The van der Waals surface area contributed by atoms with Crippen molar-refractivity contribution in [2.75, 3.05) is 5.32 Å². The summed E-state index contributed by atoms with van der Waals surface area (Å²) in [5, 5.41) is 2.86. The highest BCUT2D eigenvalue weighted by Gasteiger charge is 2.08. The van der Waals surface area contributed by atoms with Gasteiger partial charge in [-0.15, -0.1) is 0 Å². The predicted octanol–water partition coefficient (Wildman–Crippen LogP) is 3.57. The van der Waals surface area contributed by atoms with Gasteiger partial charge < -0.3 is 5.32 Å². The summed E-state index contributed by atoms with van der Waals surface area (Å²) in [6.07, 6.45) is 0. The highest BCUT2D eigenvalue weighted by atomic mass is 127. The number of amides is 1. The third-order valence-corrected chi connectivity index (χ3v) is 2.77. The van der Waals surface area contributed by atoms with Crippen LogP contribution in [0.1, 0.15) is 32.3 Å². The molecule has 0 bridgehead atoms. The third-order valence-electron chi connectivity index (χ3n) is 2.21. The largest absolute Gasteiger partial charge is 0.325 e. The Balaban J connectivity index is 2.69. The molecule has 0 aliphatic heterocycles. The molecule has 0 saturated heterocycles. The first-order chi connectivity index (χ1) is 7.00. The van der Waals surface area contributed by atoms with Gasteiger partial charge in [0, 0.05) is 5.69 Å². The molecule has 0 aromatic heterocycles. The van der Waals surface area contributed by atoms with Crippen molar-refractivity contribution >= 4 is 34.2 Å². The van der Waals surface area contributed by atoms with Crippen molar-refractivity contribution in [2.24, 2.45) is 0 Å². The molecule has 0 heterocycles. The molecular weight excluding hydrogens is 301 g/mol. The number of carbonyl (C=O) groups excluding carboxylic acids is 1. The van der Waals surface area contributed by atoms with E-state index in [0.29, 0.717) is 5.92 Å². The molecular formula is C12H16INO. The number of alkyl halides is 1. The van der Waals surface area contributed by atoms with E-state index >= 15 is 0 Å². The van der Waals surface area contributed by atoms with E-state index in [4.69, 9.17) is 0 Å². The molecule has 0 fully saturated rings. The van der Waals surface area contributed by atoms with Gasteiger partial charge in [-0.2, -0.15) is 0 Å². The molecule has 15 heavy (non-hydrogen) atoms. The van der Waals surface area contributed by atoms with Crippen molar-refractivity contribution in [1.29, 1.82) is 0 Å². The SMILES string of the molecule is CC(C)c1ccc(NC(=O)[C@H](C)I)cc1. The first kappa shape index (κ1) is 12.5. The maximum Gasteiger partial charge on any atom is 0.237 e.